The van der Waals surface area contributed by atoms with Crippen molar-refractivity contribution >= 4 is 5.82 Å². The molecule has 1 aliphatic heterocycles. The molecule has 1 fully saturated rings. The van der Waals surface area contributed by atoms with E-state index < -0.39 is 11.2 Å². The number of benzene rings is 1. The third-order valence-corrected chi connectivity index (χ3v) is 4.38. The van der Waals surface area contributed by atoms with Crippen LogP contribution < -0.4 is 16.6 Å². The third kappa shape index (κ3) is 3.97. The SMILES string of the molecule is Cn1c(=O)cc(NCC(c2ccccc2F)N2CCOCC2)[nH]c1=O. The Bertz CT molecular complexity index is 811. The molecule has 8 heteroatoms. The Morgan fingerprint density at radius 1 is 1.28 bits per heavy atom. The number of hydrogen-bond acceptors (Lipinski definition) is 5. The molecule has 0 amide bonds. The minimum Gasteiger partial charge on any atom is -0.379 e. The molecule has 2 aromatic rings. The van der Waals surface area contributed by atoms with E-state index in [1.54, 1.807) is 18.2 Å². The summed E-state index contributed by atoms with van der Waals surface area (Å²) in [6.45, 7) is 2.91. The molecule has 1 saturated heterocycles. The third-order valence-electron chi connectivity index (χ3n) is 4.38. The Balaban J connectivity index is 1.84. The molecule has 0 saturated carbocycles. The number of aromatic amines is 1. The normalized spacial score (nSPS) is 16.6. The maximum atomic E-state index is 14.3. The highest BCUT2D eigenvalue weighted by atomic mass is 19.1. The molecule has 1 unspecified atom stereocenters. The molecule has 1 aliphatic rings. The average molecular weight is 348 g/mol. The predicted octanol–water partition coefficient (Wildman–Crippen LogP) is 0.698. The van der Waals surface area contributed by atoms with Gasteiger partial charge < -0.3 is 10.1 Å². The standard InChI is InChI=1S/C17H21FN4O3/c1-21-16(23)10-15(20-17(21)24)19-11-14(22-6-8-25-9-7-22)12-4-2-3-5-13(12)18/h2-5,10,14,19H,6-9,11H2,1H3,(H,20,24). The second kappa shape index (κ2) is 7.62. The second-order valence-corrected chi connectivity index (χ2v) is 5.95. The van der Waals surface area contributed by atoms with Crippen LogP contribution in [-0.4, -0.2) is 47.3 Å². The fourth-order valence-corrected chi connectivity index (χ4v) is 2.93. The fourth-order valence-electron chi connectivity index (χ4n) is 2.93. The lowest BCUT2D eigenvalue weighted by Crippen LogP contribution is -2.42. The Kier molecular flexibility index (Phi) is 5.30. The zero-order valence-electron chi connectivity index (χ0n) is 14.0. The quantitative estimate of drug-likeness (QED) is 0.832. The van der Waals surface area contributed by atoms with Crippen molar-refractivity contribution in [3.63, 3.8) is 0 Å². The lowest BCUT2D eigenvalue weighted by atomic mass is 10.0. The molecule has 3 rings (SSSR count). The summed E-state index contributed by atoms with van der Waals surface area (Å²) in [5, 5.41) is 3.06. The smallest absolute Gasteiger partial charge is 0.329 e. The minimum atomic E-state index is -0.496. The van der Waals surface area contributed by atoms with Crippen molar-refractivity contribution in [2.45, 2.75) is 6.04 Å². The largest absolute Gasteiger partial charge is 0.379 e. The molecule has 7 nitrogen and oxygen atoms in total. The summed E-state index contributed by atoms with van der Waals surface area (Å²) in [5.74, 6) is 0.0426. The fraction of sp³-hybridized carbons (Fsp3) is 0.412. The molecular weight excluding hydrogens is 327 g/mol. The van der Waals surface area contributed by atoms with Crippen LogP contribution in [0, 0.1) is 5.82 Å². The number of anilines is 1. The number of nitrogens with zero attached hydrogens (tertiary/aromatic N) is 2. The van der Waals surface area contributed by atoms with Crippen LogP contribution in [0.25, 0.3) is 0 Å². The number of halogens is 1. The van der Waals surface area contributed by atoms with Gasteiger partial charge in [-0.3, -0.25) is 19.2 Å². The maximum Gasteiger partial charge on any atom is 0.329 e. The number of rotatable bonds is 5. The minimum absolute atomic E-state index is 0.238. The first-order chi connectivity index (χ1) is 12.1. The van der Waals surface area contributed by atoms with E-state index in [9.17, 15) is 14.0 Å². The van der Waals surface area contributed by atoms with Gasteiger partial charge in [0, 0.05) is 38.3 Å². The summed E-state index contributed by atoms with van der Waals surface area (Å²) in [7, 11) is 1.40. The van der Waals surface area contributed by atoms with E-state index in [0.29, 0.717) is 44.2 Å². The number of nitrogens with one attached hydrogen (secondary N) is 2. The van der Waals surface area contributed by atoms with Gasteiger partial charge in [0.25, 0.3) is 5.56 Å². The molecule has 134 valence electrons. The van der Waals surface area contributed by atoms with Gasteiger partial charge in [-0.1, -0.05) is 18.2 Å². The average Bonchev–Trinajstić information content (AvgIpc) is 2.62. The van der Waals surface area contributed by atoms with Crippen LogP contribution in [0.5, 0.6) is 0 Å². The van der Waals surface area contributed by atoms with Gasteiger partial charge in [-0.2, -0.15) is 0 Å². The Labute approximate surface area is 144 Å². The zero-order chi connectivity index (χ0) is 17.8. The van der Waals surface area contributed by atoms with Crippen molar-refractivity contribution in [3.8, 4) is 0 Å². The molecule has 25 heavy (non-hydrogen) atoms. The van der Waals surface area contributed by atoms with Crippen LogP contribution in [0.15, 0.2) is 39.9 Å². The van der Waals surface area contributed by atoms with E-state index in [2.05, 4.69) is 15.2 Å². The van der Waals surface area contributed by atoms with E-state index in [0.717, 1.165) is 4.57 Å². The van der Waals surface area contributed by atoms with Gasteiger partial charge >= 0.3 is 5.69 Å². The first-order valence-corrected chi connectivity index (χ1v) is 8.16. The van der Waals surface area contributed by atoms with Crippen LogP contribution in [-0.2, 0) is 11.8 Å². The van der Waals surface area contributed by atoms with Crippen LogP contribution in [0.4, 0.5) is 10.2 Å². The molecule has 1 aromatic heterocycles. The Hall–Kier alpha value is -2.45. The van der Waals surface area contributed by atoms with E-state index >= 15 is 0 Å². The van der Waals surface area contributed by atoms with Crippen molar-refractivity contribution in [3.05, 3.63) is 62.6 Å². The van der Waals surface area contributed by atoms with E-state index in [-0.39, 0.29) is 11.9 Å². The predicted molar refractivity (Wildman–Crippen MR) is 92.3 cm³/mol. The Morgan fingerprint density at radius 3 is 2.68 bits per heavy atom. The molecule has 0 bridgehead atoms. The zero-order valence-corrected chi connectivity index (χ0v) is 14.0. The number of hydrogen-bond donors (Lipinski definition) is 2. The Morgan fingerprint density at radius 2 is 2.00 bits per heavy atom. The highest BCUT2D eigenvalue weighted by Crippen LogP contribution is 2.24. The van der Waals surface area contributed by atoms with E-state index in [1.807, 2.05) is 0 Å². The van der Waals surface area contributed by atoms with Gasteiger partial charge in [0.05, 0.1) is 19.3 Å². The van der Waals surface area contributed by atoms with Gasteiger partial charge in [-0.15, -0.1) is 0 Å². The molecule has 0 spiro atoms. The number of aromatic nitrogens is 2. The van der Waals surface area contributed by atoms with Crippen molar-refractivity contribution in [1.29, 1.82) is 0 Å². The number of H-pyrrole nitrogens is 1. The van der Waals surface area contributed by atoms with E-state index in [4.69, 9.17) is 4.74 Å². The molecule has 2 heterocycles. The maximum absolute atomic E-state index is 14.3. The topological polar surface area (TPSA) is 79.4 Å². The van der Waals surface area contributed by atoms with Crippen molar-refractivity contribution in [2.24, 2.45) is 7.05 Å². The molecular formula is C17H21FN4O3. The van der Waals surface area contributed by atoms with Crippen LogP contribution >= 0.6 is 0 Å². The van der Waals surface area contributed by atoms with Gasteiger partial charge in [-0.25, -0.2) is 9.18 Å². The van der Waals surface area contributed by atoms with Crippen LogP contribution in [0.3, 0.4) is 0 Å². The number of ether oxygens (including phenoxy) is 1. The van der Waals surface area contributed by atoms with Gasteiger partial charge in [0.2, 0.25) is 0 Å². The second-order valence-electron chi connectivity index (χ2n) is 5.95. The van der Waals surface area contributed by atoms with Crippen LogP contribution in [0.1, 0.15) is 11.6 Å². The number of morpholine rings is 1. The summed E-state index contributed by atoms with van der Waals surface area (Å²) in [6.07, 6.45) is 0. The van der Waals surface area contributed by atoms with Crippen molar-refractivity contribution in [2.75, 3.05) is 38.2 Å². The van der Waals surface area contributed by atoms with E-state index in [1.165, 1.54) is 19.2 Å². The van der Waals surface area contributed by atoms with Gasteiger partial charge in [-0.05, 0) is 6.07 Å². The first kappa shape index (κ1) is 17.4. The molecule has 2 N–H and O–H groups in total. The molecule has 0 aliphatic carbocycles. The monoisotopic (exact) mass is 348 g/mol. The van der Waals surface area contributed by atoms with Gasteiger partial charge in [0.15, 0.2) is 0 Å². The van der Waals surface area contributed by atoms with Crippen molar-refractivity contribution in [1.82, 2.24) is 14.5 Å². The highest BCUT2D eigenvalue weighted by molar-refractivity contribution is 5.33. The molecule has 1 atom stereocenters. The summed E-state index contributed by atoms with van der Waals surface area (Å²) < 4.78 is 20.7. The molecule has 0 radical (unpaired) electrons. The first-order valence-electron chi connectivity index (χ1n) is 8.16. The van der Waals surface area contributed by atoms with Gasteiger partial charge in [0.1, 0.15) is 11.6 Å². The lowest BCUT2D eigenvalue weighted by Gasteiger charge is -2.35. The van der Waals surface area contributed by atoms with Crippen LogP contribution in [0.2, 0.25) is 0 Å². The highest BCUT2D eigenvalue weighted by Gasteiger charge is 2.24. The molecule has 1 aromatic carbocycles. The summed E-state index contributed by atoms with van der Waals surface area (Å²) >= 11 is 0. The lowest BCUT2D eigenvalue weighted by molar-refractivity contribution is 0.0180. The summed E-state index contributed by atoms with van der Waals surface area (Å²) in [5.41, 5.74) is -0.327. The summed E-state index contributed by atoms with van der Waals surface area (Å²) in [4.78, 5) is 28.2. The summed E-state index contributed by atoms with van der Waals surface area (Å²) in [6, 6.07) is 7.72. The van der Waals surface area contributed by atoms with Crippen molar-refractivity contribution < 1.29 is 9.13 Å².